The highest BCUT2D eigenvalue weighted by Gasteiger charge is 2.15. The molecule has 1 aliphatic rings. The summed E-state index contributed by atoms with van der Waals surface area (Å²) >= 11 is 0. The van der Waals surface area contributed by atoms with Crippen LogP contribution in [0.3, 0.4) is 0 Å². The molecule has 0 atom stereocenters. The van der Waals surface area contributed by atoms with Crippen molar-refractivity contribution < 1.29 is 4.74 Å². The van der Waals surface area contributed by atoms with Crippen LogP contribution in [0.1, 0.15) is 5.56 Å². The van der Waals surface area contributed by atoms with E-state index in [-0.39, 0.29) is 0 Å². The highest BCUT2D eigenvalue weighted by molar-refractivity contribution is 5.57. The molecule has 4 nitrogen and oxygen atoms in total. The molecule has 1 aliphatic heterocycles. The van der Waals surface area contributed by atoms with Gasteiger partial charge in [0.25, 0.3) is 0 Å². The molecule has 1 saturated heterocycles. The van der Waals surface area contributed by atoms with E-state index in [1.807, 2.05) is 18.2 Å². The molecule has 0 amide bonds. The van der Waals surface area contributed by atoms with E-state index >= 15 is 0 Å². The van der Waals surface area contributed by atoms with Crippen molar-refractivity contribution in [1.82, 2.24) is 4.90 Å². The Kier molecular flexibility index (Phi) is 3.50. The maximum Gasteiger partial charge on any atom is 0.138 e. The fraction of sp³-hybridized carbons (Fsp3) is 0.462. The quantitative estimate of drug-likeness (QED) is 0.769. The Bertz CT molecular complexity index is 431. The SMILES string of the molecule is COc1cc(N2CCN(C)CC2)ccc1C#N. The summed E-state index contributed by atoms with van der Waals surface area (Å²) in [5.74, 6) is 0.656. The fourth-order valence-corrected chi connectivity index (χ4v) is 2.03. The van der Waals surface area contributed by atoms with Crippen molar-refractivity contribution in [2.24, 2.45) is 0 Å². The monoisotopic (exact) mass is 231 g/mol. The first kappa shape index (κ1) is 11.7. The molecule has 1 aromatic rings. The lowest BCUT2D eigenvalue weighted by Gasteiger charge is -2.34. The van der Waals surface area contributed by atoms with Crippen LogP contribution in [0.2, 0.25) is 0 Å². The summed E-state index contributed by atoms with van der Waals surface area (Å²) in [7, 11) is 3.74. The zero-order chi connectivity index (χ0) is 12.3. The van der Waals surface area contributed by atoms with Crippen molar-refractivity contribution in [2.75, 3.05) is 45.2 Å². The summed E-state index contributed by atoms with van der Waals surface area (Å²) in [6.45, 7) is 4.18. The number of hydrogen-bond acceptors (Lipinski definition) is 4. The molecule has 90 valence electrons. The Morgan fingerprint density at radius 1 is 1.24 bits per heavy atom. The number of anilines is 1. The van der Waals surface area contributed by atoms with E-state index in [4.69, 9.17) is 10.00 Å². The van der Waals surface area contributed by atoms with Crippen LogP contribution in [0, 0.1) is 11.3 Å². The van der Waals surface area contributed by atoms with Gasteiger partial charge >= 0.3 is 0 Å². The minimum Gasteiger partial charge on any atom is -0.495 e. The van der Waals surface area contributed by atoms with Crippen LogP contribution in [0.25, 0.3) is 0 Å². The molecule has 0 spiro atoms. The first-order valence-corrected chi connectivity index (χ1v) is 5.76. The normalized spacial score (nSPS) is 16.6. The van der Waals surface area contributed by atoms with Crippen molar-refractivity contribution in [1.29, 1.82) is 5.26 Å². The standard InChI is InChI=1S/C13H17N3O/c1-15-5-7-16(8-6-15)12-4-3-11(10-14)13(9-12)17-2/h3-4,9H,5-8H2,1-2H3. The van der Waals surface area contributed by atoms with Gasteiger partial charge in [-0.05, 0) is 19.2 Å². The van der Waals surface area contributed by atoms with Crippen molar-refractivity contribution in [2.45, 2.75) is 0 Å². The van der Waals surface area contributed by atoms with Crippen LogP contribution in [-0.2, 0) is 0 Å². The Morgan fingerprint density at radius 3 is 2.53 bits per heavy atom. The lowest BCUT2D eigenvalue weighted by atomic mass is 10.1. The molecule has 0 unspecified atom stereocenters. The van der Waals surface area contributed by atoms with Gasteiger partial charge in [-0.3, -0.25) is 0 Å². The number of nitriles is 1. The van der Waals surface area contributed by atoms with E-state index in [1.165, 1.54) is 0 Å². The number of benzene rings is 1. The van der Waals surface area contributed by atoms with E-state index in [1.54, 1.807) is 7.11 Å². The maximum absolute atomic E-state index is 8.94. The van der Waals surface area contributed by atoms with Gasteiger partial charge in [0.1, 0.15) is 11.8 Å². The molecule has 0 aliphatic carbocycles. The van der Waals surface area contributed by atoms with Crippen molar-refractivity contribution in [3.05, 3.63) is 23.8 Å². The molecular weight excluding hydrogens is 214 g/mol. The van der Waals surface area contributed by atoms with Gasteiger partial charge in [-0.15, -0.1) is 0 Å². The van der Waals surface area contributed by atoms with E-state index in [2.05, 4.69) is 22.9 Å². The minimum atomic E-state index is 0.588. The van der Waals surface area contributed by atoms with Gasteiger partial charge < -0.3 is 14.5 Å². The average molecular weight is 231 g/mol. The van der Waals surface area contributed by atoms with Crippen LogP contribution < -0.4 is 9.64 Å². The summed E-state index contributed by atoms with van der Waals surface area (Å²) in [6.07, 6.45) is 0. The molecule has 0 aromatic heterocycles. The van der Waals surface area contributed by atoms with Crippen LogP contribution in [-0.4, -0.2) is 45.2 Å². The number of likely N-dealkylation sites (N-methyl/N-ethyl adjacent to an activating group) is 1. The molecule has 1 fully saturated rings. The molecule has 1 aromatic carbocycles. The van der Waals surface area contributed by atoms with E-state index in [0.717, 1.165) is 31.9 Å². The second-order valence-electron chi connectivity index (χ2n) is 4.29. The van der Waals surface area contributed by atoms with Crippen molar-refractivity contribution >= 4 is 5.69 Å². The Morgan fingerprint density at radius 2 is 1.94 bits per heavy atom. The number of methoxy groups -OCH3 is 1. The Hall–Kier alpha value is -1.73. The zero-order valence-electron chi connectivity index (χ0n) is 10.3. The van der Waals surface area contributed by atoms with E-state index in [0.29, 0.717) is 11.3 Å². The number of ether oxygens (including phenoxy) is 1. The first-order valence-electron chi connectivity index (χ1n) is 5.76. The second kappa shape index (κ2) is 5.07. The summed E-state index contributed by atoms with van der Waals surface area (Å²) in [4.78, 5) is 4.64. The fourth-order valence-electron chi connectivity index (χ4n) is 2.03. The lowest BCUT2D eigenvalue weighted by molar-refractivity contribution is 0.312. The smallest absolute Gasteiger partial charge is 0.138 e. The van der Waals surface area contributed by atoms with Crippen LogP contribution in [0.5, 0.6) is 5.75 Å². The third-order valence-electron chi connectivity index (χ3n) is 3.17. The molecule has 0 N–H and O–H groups in total. The van der Waals surface area contributed by atoms with Crippen molar-refractivity contribution in [3.8, 4) is 11.8 Å². The molecule has 2 rings (SSSR count). The summed E-state index contributed by atoms with van der Waals surface area (Å²) in [5.41, 5.74) is 1.72. The van der Waals surface area contributed by atoms with Gasteiger partial charge in [0, 0.05) is 37.9 Å². The largest absolute Gasteiger partial charge is 0.495 e. The summed E-state index contributed by atoms with van der Waals surface area (Å²) in [5, 5.41) is 8.94. The van der Waals surface area contributed by atoms with Crippen molar-refractivity contribution in [3.63, 3.8) is 0 Å². The molecule has 17 heavy (non-hydrogen) atoms. The van der Waals surface area contributed by atoms with Crippen LogP contribution in [0.15, 0.2) is 18.2 Å². The van der Waals surface area contributed by atoms with Crippen LogP contribution >= 0.6 is 0 Å². The molecule has 0 saturated carbocycles. The predicted molar refractivity (Wildman–Crippen MR) is 67.4 cm³/mol. The van der Waals surface area contributed by atoms with E-state index < -0.39 is 0 Å². The molecular formula is C13H17N3O. The number of piperazine rings is 1. The van der Waals surface area contributed by atoms with E-state index in [9.17, 15) is 0 Å². The minimum absolute atomic E-state index is 0.588. The molecule has 1 heterocycles. The maximum atomic E-state index is 8.94. The topological polar surface area (TPSA) is 39.5 Å². The average Bonchev–Trinajstić information content (AvgIpc) is 2.39. The highest BCUT2D eigenvalue weighted by Crippen LogP contribution is 2.25. The summed E-state index contributed by atoms with van der Waals surface area (Å²) in [6, 6.07) is 7.90. The van der Waals surface area contributed by atoms with Gasteiger partial charge in [0.2, 0.25) is 0 Å². The molecule has 4 heteroatoms. The first-order chi connectivity index (χ1) is 8.24. The van der Waals surface area contributed by atoms with Gasteiger partial charge in [-0.2, -0.15) is 5.26 Å². The Labute approximate surface area is 102 Å². The third kappa shape index (κ3) is 2.51. The van der Waals surface area contributed by atoms with Gasteiger partial charge in [-0.1, -0.05) is 0 Å². The van der Waals surface area contributed by atoms with Crippen LogP contribution in [0.4, 0.5) is 5.69 Å². The second-order valence-corrected chi connectivity index (χ2v) is 4.29. The number of nitrogens with zero attached hydrogens (tertiary/aromatic N) is 3. The molecule has 0 bridgehead atoms. The Balaban J connectivity index is 2.19. The zero-order valence-corrected chi connectivity index (χ0v) is 10.3. The predicted octanol–water partition coefficient (Wildman–Crippen LogP) is 1.32. The third-order valence-corrected chi connectivity index (χ3v) is 3.17. The van der Waals surface area contributed by atoms with Gasteiger partial charge in [0.05, 0.1) is 12.7 Å². The number of hydrogen-bond donors (Lipinski definition) is 0. The van der Waals surface area contributed by atoms with Gasteiger partial charge in [-0.25, -0.2) is 0 Å². The summed E-state index contributed by atoms with van der Waals surface area (Å²) < 4.78 is 5.23. The van der Waals surface area contributed by atoms with Gasteiger partial charge in [0.15, 0.2) is 0 Å². The molecule has 0 radical (unpaired) electrons. The number of rotatable bonds is 2. The highest BCUT2D eigenvalue weighted by atomic mass is 16.5. The lowest BCUT2D eigenvalue weighted by Crippen LogP contribution is -2.44.